The van der Waals surface area contributed by atoms with Gasteiger partial charge in [0.2, 0.25) is 0 Å². The molecule has 5 nitrogen and oxygen atoms in total. The molecular weight excluding hydrogens is 448 g/mol. The number of esters is 1. The van der Waals surface area contributed by atoms with Crippen LogP contribution in [0.5, 0.6) is 5.75 Å². The Morgan fingerprint density at radius 2 is 1.59 bits per heavy atom. The Kier molecular flexibility index (Phi) is 8.58. The summed E-state index contributed by atoms with van der Waals surface area (Å²) < 4.78 is 10.8. The zero-order valence-electron chi connectivity index (χ0n) is 19.5. The molecule has 4 rings (SSSR count). The van der Waals surface area contributed by atoms with Gasteiger partial charge in [-0.2, -0.15) is 0 Å². The minimum atomic E-state index is -0.379. The van der Waals surface area contributed by atoms with E-state index in [2.05, 4.69) is 52.3 Å². The van der Waals surface area contributed by atoms with E-state index in [1.165, 1.54) is 18.2 Å². The van der Waals surface area contributed by atoms with Crippen LogP contribution in [-0.2, 0) is 4.74 Å². The minimum absolute atomic E-state index is 0.196. The van der Waals surface area contributed by atoms with Gasteiger partial charge < -0.3 is 9.47 Å². The Bertz CT molecular complexity index is 1060. The topological polar surface area (TPSA) is 42.0 Å². The maximum Gasteiger partial charge on any atom is 0.341 e. The SMILES string of the molecule is COC(=O)c1ccccc1OCCN1CCCN(C(c2ccccc2)c2ccc(Cl)cc2)CC1. The molecule has 34 heavy (non-hydrogen) atoms. The zero-order valence-corrected chi connectivity index (χ0v) is 20.3. The quantitative estimate of drug-likeness (QED) is 0.411. The Morgan fingerprint density at radius 3 is 2.35 bits per heavy atom. The van der Waals surface area contributed by atoms with Crippen molar-refractivity contribution < 1.29 is 14.3 Å². The van der Waals surface area contributed by atoms with E-state index in [9.17, 15) is 4.79 Å². The molecule has 0 N–H and O–H groups in total. The van der Waals surface area contributed by atoms with Gasteiger partial charge in [-0.05, 0) is 48.4 Å². The second-order valence-corrected chi connectivity index (χ2v) is 8.87. The van der Waals surface area contributed by atoms with Gasteiger partial charge >= 0.3 is 5.97 Å². The second kappa shape index (κ2) is 12.0. The van der Waals surface area contributed by atoms with E-state index >= 15 is 0 Å². The molecule has 0 aliphatic carbocycles. The zero-order chi connectivity index (χ0) is 23.8. The summed E-state index contributed by atoms with van der Waals surface area (Å²) in [5.74, 6) is 0.188. The summed E-state index contributed by atoms with van der Waals surface area (Å²) in [4.78, 5) is 17.0. The first kappa shape index (κ1) is 24.3. The van der Waals surface area contributed by atoms with E-state index in [1.54, 1.807) is 6.07 Å². The monoisotopic (exact) mass is 478 g/mol. The number of hydrogen-bond acceptors (Lipinski definition) is 5. The molecule has 0 aromatic heterocycles. The van der Waals surface area contributed by atoms with E-state index in [1.807, 2.05) is 30.3 Å². The molecule has 1 saturated heterocycles. The van der Waals surface area contributed by atoms with Gasteiger partial charge in [0, 0.05) is 31.2 Å². The molecule has 1 aliphatic heterocycles. The van der Waals surface area contributed by atoms with Gasteiger partial charge in [-0.1, -0.05) is 66.2 Å². The summed E-state index contributed by atoms with van der Waals surface area (Å²) in [7, 11) is 1.38. The van der Waals surface area contributed by atoms with Gasteiger partial charge in [0.05, 0.1) is 13.2 Å². The fourth-order valence-electron chi connectivity index (χ4n) is 4.52. The fraction of sp³-hybridized carbons (Fsp3) is 0.321. The first-order valence-corrected chi connectivity index (χ1v) is 12.1. The van der Waals surface area contributed by atoms with Crippen LogP contribution in [-0.4, -0.2) is 62.2 Å². The lowest BCUT2D eigenvalue weighted by Gasteiger charge is -2.31. The predicted octanol–water partition coefficient (Wildman–Crippen LogP) is 5.30. The molecule has 3 aromatic carbocycles. The van der Waals surface area contributed by atoms with Crippen molar-refractivity contribution in [1.82, 2.24) is 9.80 Å². The molecule has 0 bridgehead atoms. The predicted molar refractivity (Wildman–Crippen MR) is 136 cm³/mol. The first-order chi connectivity index (χ1) is 16.7. The van der Waals surface area contributed by atoms with Gasteiger partial charge in [0.25, 0.3) is 0 Å². The van der Waals surface area contributed by atoms with Crippen molar-refractivity contribution in [1.29, 1.82) is 0 Å². The molecule has 178 valence electrons. The highest BCUT2D eigenvalue weighted by atomic mass is 35.5. The van der Waals surface area contributed by atoms with Crippen LogP contribution in [0.4, 0.5) is 0 Å². The van der Waals surface area contributed by atoms with Crippen LogP contribution < -0.4 is 4.74 Å². The number of nitrogens with zero attached hydrogens (tertiary/aromatic N) is 2. The maximum absolute atomic E-state index is 12.0. The van der Waals surface area contributed by atoms with Crippen LogP contribution >= 0.6 is 11.6 Å². The third-order valence-electron chi connectivity index (χ3n) is 6.25. The maximum atomic E-state index is 12.0. The normalized spacial score (nSPS) is 15.9. The third kappa shape index (κ3) is 6.17. The summed E-state index contributed by atoms with van der Waals surface area (Å²) >= 11 is 6.16. The number of ether oxygens (including phenoxy) is 2. The van der Waals surface area contributed by atoms with E-state index < -0.39 is 0 Å². The van der Waals surface area contributed by atoms with Crippen LogP contribution in [0.2, 0.25) is 5.02 Å². The van der Waals surface area contributed by atoms with Crippen molar-refractivity contribution in [3.8, 4) is 5.75 Å². The standard InChI is InChI=1S/C28H31ClN2O3/c1-33-28(32)25-10-5-6-11-26(25)34-21-20-30-16-7-17-31(19-18-30)27(22-8-3-2-4-9-22)23-12-14-24(29)15-13-23/h2-6,8-15,27H,7,16-21H2,1H3. The largest absolute Gasteiger partial charge is 0.491 e. The lowest BCUT2D eigenvalue weighted by atomic mass is 9.97. The van der Waals surface area contributed by atoms with Crippen molar-refractivity contribution in [2.45, 2.75) is 12.5 Å². The molecule has 1 heterocycles. The van der Waals surface area contributed by atoms with E-state index in [0.717, 1.165) is 44.2 Å². The molecule has 1 unspecified atom stereocenters. The molecule has 0 radical (unpaired) electrons. The third-order valence-corrected chi connectivity index (χ3v) is 6.50. The van der Waals surface area contributed by atoms with Crippen LogP contribution in [0.3, 0.4) is 0 Å². The molecule has 0 saturated carbocycles. The Labute approximate surface area is 206 Å². The van der Waals surface area contributed by atoms with Crippen LogP contribution in [0.15, 0.2) is 78.9 Å². The molecule has 1 fully saturated rings. The van der Waals surface area contributed by atoms with Crippen LogP contribution in [0, 0.1) is 0 Å². The molecule has 0 amide bonds. The minimum Gasteiger partial charge on any atom is -0.491 e. The molecule has 1 atom stereocenters. The molecule has 6 heteroatoms. The Morgan fingerprint density at radius 1 is 0.882 bits per heavy atom. The van der Waals surface area contributed by atoms with Crippen molar-refractivity contribution in [3.63, 3.8) is 0 Å². The van der Waals surface area contributed by atoms with Gasteiger partial charge in [-0.15, -0.1) is 0 Å². The summed E-state index contributed by atoms with van der Waals surface area (Å²) in [6, 6.07) is 26.3. The van der Waals surface area contributed by atoms with Crippen molar-refractivity contribution in [2.24, 2.45) is 0 Å². The average Bonchev–Trinajstić information content (AvgIpc) is 3.11. The summed E-state index contributed by atoms with van der Waals surface area (Å²) in [5.41, 5.74) is 3.01. The number of hydrogen-bond donors (Lipinski definition) is 0. The van der Waals surface area contributed by atoms with Gasteiger partial charge in [0.1, 0.15) is 17.9 Å². The summed E-state index contributed by atoms with van der Waals surface area (Å²) in [6.45, 7) is 5.28. The lowest BCUT2D eigenvalue weighted by molar-refractivity contribution is 0.0595. The van der Waals surface area contributed by atoms with Gasteiger partial charge in [-0.25, -0.2) is 4.79 Å². The van der Waals surface area contributed by atoms with Crippen molar-refractivity contribution >= 4 is 17.6 Å². The Balaban J connectivity index is 1.39. The highest BCUT2D eigenvalue weighted by molar-refractivity contribution is 6.30. The van der Waals surface area contributed by atoms with Crippen LogP contribution in [0.1, 0.15) is 33.9 Å². The van der Waals surface area contributed by atoms with E-state index in [-0.39, 0.29) is 12.0 Å². The van der Waals surface area contributed by atoms with Crippen molar-refractivity contribution in [3.05, 3.63) is 101 Å². The molecule has 3 aromatic rings. The molecular formula is C28H31ClN2O3. The number of carbonyl (C=O) groups is 1. The Hall–Kier alpha value is -2.86. The summed E-state index contributed by atoms with van der Waals surface area (Å²) in [6.07, 6.45) is 1.08. The van der Waals surface area contributed by atoms with Crippen LogP contribution in [0.25, 0.3) is 0 Å². The number of rotatable bonds is 8. The molecule has 0 spiro atoms. The number of methoxy groups -OCH3 is 1. The average molecular weight is 479 g/mol. The van der Waals surface area contributed by atoms with Gasteiger partial charge in [0.15, 0.2) is 0 Å². The number of carbonyl (C=O) groups excluding carboxylic acids is 1. The van der Waals surface area contributed by atoms with Crippen molar-refractivity contribution in [2.75, 3.05) is 46.4 Å². The highest BCUT2D eigenvalue weighted by Gasteiger charge is 2.25. The molecule has 1 aliphatic rings. The van der Waals surface area contributed by atoms with Gasteiger partial charge in [-0.3, -0.25) is 9.80 Å². The number of halogens is 1. The highest BCUT2D eigenvalue weighted by Crippen LogP contribution is 2.30. The fourth-order valence-corrected chi connectivity index (χ4v) is 4.65. The number of benzene rings is 3. The second-order valence-electron chi connectivity index (χ2n) is 8.43. The smallest absolute Gasteiger partial charge is 0.341 e. The van der Waals surface area contributed by atoms with E-state index in [4.69, 9.17) is 21.1 Å². The number of para-hydroxylation sites is 1. The lowest BCUT2D eigenvalue weighted by Crippen LogP contribution is -2.35. The first-order valence-electron chi connectivity index (χ1n) is 11.7. The van der Waals surface area contributed by atoms with E-state index in [0.29, 0.717) is 17.9 Å². The summed E-state index contributed by atoms with van der Waals surface area (Å²) in [5, 5.41) is 0.756.